The van der Waals surface area contributed by atoms with Crippen LogP contribution in [0.5, 0.6) is 0 Å². The molecule has 0 radical (unpaired) electrons. The molecule has 4 rings (SSSR count). The van der Waals surface area contributed by atoms with E-state index in [0.717, 1.165) is 17.7 Å². The first-order valence-electron chi connectivity index (χ1n) is 9.51. The normalized spacial score (nSPS) is 22.9. The van der Waals surface area contributed by atoms with E-state index >= 15 is 0 Å². The zero-order chi connectivity index (χ0) is 19.9. The Hall–Kier alpha value is -2.22. The smallest absolute Gasteiger partial charge is 0.258 e. The van der Waals surface area contributed by atoms with Gasteiger partial charge in [0, 0.05) is 30.9 Å². The van der Waals surface area contributed by atoms with Gasteiger partial charge in [-0.1, -0.05) is 18.2 Å². The monoisotopic (exact) mass is 400 g/mol. The van der Waals surface area contributed by atoms with Crippen molar-refractivity contribution in [2.24, 2.45) is 0 Å². The quantitative estimate of drug-likeness (QED) is 0.795. The van der Waals surface area contributed by atoms with Crippen LogP contribution >= 0.6 is 0 Å². The lowest BCUT2D eigenvalue weighted by Gasteiger charge is -2.34. The van der Waals surface area contributed by atoms with E-state index in [1.54, 1.807) is 17.0 Å². The van der Waals surface area contributed by atoms with Crippen LogP contribution in [0.3, 0.4) is 0 Å². The molecular formula is C21H24N2O4S. The first kappa shape index (κ1) is 19.1. The molecule has 0 bridgehead atoms. The van der Waals surface area contributed by atoms with Crippen molar-refractivity contribution in [1.29, 1.82) is 0 Å². The lowest BCUT2D eigenvalue weighted by Crippen LogP contribution is -2.48. The number of nitrogens with zero attached hydrogens (tertiary/aromatic N) is 2. The number of rotatable bonds is 3. The highest BCUT2D eigenvalue weighted by atomic mass is 32.2. The van der Waals surface area contributed by atoms with Crippen LogP contribution in [0.4, 0.5) is 5.69 Å². The second-order valence-corrected chi connectivity index (χ2v) is 9.38. The molecule has 1 amide bonds. The Labute approximate surface area is 165 Å². The van der Waals surface area contributed by atoms with Gasteiger partial charge in [-0.25, -0.2) is 8.42 Å². The maximum atomic E-state index is 13.0. The van der Waals surface area contributed by atoms with Gasteiger partial charge >= 0.3 is 0 Å². The van der Waals surface area contributed by atoms with Gasteiger partial charge in [-0.3, -0.25) is 4.79 Å². The third kappa shape index (κ3) is 3.45. The largest absolute Gasteiger partial charge is 0.373 e. The molecular weight excluding hydrogens is 376 g/mol. The molecule has 0 unspecified atom stereocenters. The Bertz CT molecular complexity index is 978. The van der Waals surface area contributed by atoms with Crippen LogP contribution in [0, 0.1) is 0 Å². The molecule has 2 aromatic rings. The molecule has 0 aliphatic carbocycles. The van der Waals surface area contributed by atoms with Crippen LogP contribution in [-0.4, -0.2) is 50.5 Å². The summed E-state index contributed by atoms with van der Waals surface area (Å²) >= 11 is 0. The number of benzene rings is 2. The minimum absolute atomic E-state index is 0.109. The molecule has 2 heterocycles. The number of fused-ring (bicyclic) bond motifs is 1. The Morgan fingerprint density at radius 1 is 1.00 bits per heavy atom. The van der Waals surface area contributed by atoms with Crippen molar-refractivity contribution in [3.8, 4) is 0 Å². The van der Waals surface area contributed by atoms with E-state index in [0.29, 0.717) is 25.2 Å². The van der Waals surface area contributed by atoms with Crippen LogP contribution in [0.2, 0.25) is 0 Å². The van der Waals surface area contributed by atoms with Gasteiger partial charge in [0.05, 0.1) is 17.1 Å². The Morgan fingerprint density at radius 3 is 2.32 bits per heavy atom. The van der Waals surface area contributed by atoms with Crippen molar-refractivity contribution in [1.82, 2.24) is 4.31 Å². The topological polar surface area (TPSA) is 66.9 Å². The summed E-state index contributed by atoms with van der Waals surface area (Å²) in [6.07, 6.45) is 0.547. The zero-order valence-corrected chi connectivity index (χ0v) is 16.9. The number of para-hydroxylation sites is 1. The van der Waals surface area contributed by atoms with E-state index in [1.165, 1.54) is 16.4 Å². The van der Waals surface area contributed by atoms with Gasteiger partial charge in [0.1, 0.15) is 0 Å². The van der Waals surface area contributed by atoms with E-state index in [4.69, 9.17) is 4.74 Å². The standard InChI is InChI=1S/C21H24N2O4S/c1-15-13-22(14-16(2)27-15)28(25,26)19-9-7-18(8-10-19)21(24)23-12-11-17-5-3-4-6-20(17)23/h3-10,15-16H,11-14H2,1-2H3/t15-,16-/m0/s1. The van der Waals surface area contributed by atoms with E-state index in [1.807, 2.05) is 38.1 Å². The number of carbonyl (C=O) groups excluding carboxylic acids is 1. The van der Waals surface area contributed by atoms with Crippen LogP contribution in [-0.2, 0) is 21.2 Å². The molecule has 2 aliphatic rings. The summed E-state index contributed by atoms with van der Waals surface area (Å²) in [7, 11) is -3.61. The van der Waals surface area contributed by atoms with Gasteiger partial charge in [0.25, 0.3) is 5.91 Å². The maximum absolute atomic E-state index is 13.0. The maximum Gasteiger partial charge on any atom is 0.258 e. The molecule has 0 saturated carbocycles. The predicted octanol–water partition coefficient (Wildman–Crippen LogP) is 2.69. The first-order valence-corrected chi connectivity index (χ1v) is 11.0. The third-order valence-corrected chi connectivity index (χ3v) is 7.10. The predicted molar refractivity (Wildman–Crippen MR) is 107 cm³/mol. The molecule has 0 N–H and O–H groups in total. The van der Waals surface area contributed by atoms with Crippen molar-refractivity contribution < 1.29 is 17.9 Å². The van der Waals surface area contributed by atoms with Crippen LogP contribution < -0.4 is 4.90 Å². The summed E-state index contributed by atoms with van der Waals surface area (Å²) in [5.74, 6) is -0.109. The van der Waals surface area contributed by atoms with Crippen molar-refractivity contribution in [3.05, 3.63) is 59.7 Å². The fourth-order valence-corrected chi connectivity index (χ4v) is 5.54. The van der Waals surface area contributed by atoms with Crippen molar-refractivity contribution in [2.75, 3.05) is 24.5 Å². The number of morpholine rings is 1. The fourth-order valence-electron chi connectivity index (χ4n) is 3.95. The number of anilines is 1. The number of hydrogen-bond donors (Lipinski definition) is 0. The summed E-state index contributed by atoms with van der Waals surface area (Å²) in [5.41, 5.74) is 2.57. The average Bonchev–Trinajstić information content (AvgIpc) is 3.11. The highest BCUT2D eigenvalue weighted by Crippen LogP contribution is 2.29. The van der Waals surface area contributed by atoms with E-state index in [-0.39, 0.29) is 23.0 Å². The van der Waals surface area contributed by atoms with Crippen molar-refractivity contribution in [3.63, 3.8) is 0 Å². The highest BCUT2D eigenvalue weighted by Gasteiger charge is 2.32. The molecule has 1 saturated heterocycles. The lowest BCUT2D eigenvalue weighted by atomic mass is 10.1. The van der Waals surface area contributed by atoms with E-state index < -0.39 is 10.0 Å². The molecule has 2 aliphatic heterocycles. The van der Waals surface area contributed by atoms with Crippen molar-refractivity contribution in [2.45, 2.75) is 37.4 Å². The van der Waals surface area contributed by atoms with E-state index in [9.17, 15) is 13.2 Å². The summed E-state index contributed by atoms with van der Waals surface area (Å²) < 4.78 is 33.0. The number of carbonyl (C=O) groups is 1. The second kappa shape index (κ2) is 7.31. The van der Waals surface area contributed by atoms with Gasteiger partial charge in [-0.15, -0.1) is 0 Å². The summed E-state index contributed by atoms with van der Waals surface area (Å²) in [5, 5.41) is 0. The summed E-state index contributed by atoms with van der Waals surface area (Å²) in [4.78, 5) is 14.9. The van der Waals surface area contributed by atoms with Crippen LogP contribution in [0.15, 0.2) is 53.4 Å². The molecule has 7 heteroatoms. The number of ether oxygens (including phenoxy) is 1. The van der Waals surface area contributed by atoms with Crippen molar-refractivity contribution >= 4 is 21.6 Å². The summed E-state index contributed by atoms with van der Waals surface area (Å²) in [6.45, 7) is 5.04. The first-order chi connectivity index (χ1) is 13.4. The van der Waals surface area contributed by atoms with Gasteiger partial charge in [-0.05, 0) is 56.2 Å². The minimum atomic E-state index is -3.61. The summed E-state index contributed by atoms with van der Waals surface area (Å²) in [6, 6.07) is 14.1. The molecule has 0 aromatic heterocycles. The fraction of sp³-hybridized carbons (Fsp3) is 0.381. The van der Waals surface area contributed by atoms with Gasteiger partial charge in [0.15, 0.2) is 0 Å². The van der Waals surface area contributed by atoms with Gasteiger partial charge < -0.3 is 9.64 Å². The number of sulfonamides is 1. The highest BCUT2D eigenvalue weighted by molar-refractivity contribution is 7.89. The Balaban J connectivity index is 1.55. The van der Waals surface area contributed by atoms with Gasteiger partial charge in [-0.2, -0.15) is 4.31 Å². The zero-order valence-electron chi connectivity index (χ0n) is 16.0. The molecule has 148 valence electrons. The molecule has 2 atom stereocenters. The Kier molecular flexibility index (Phi) is 4.99. The minimum Gasteiger partial charge on any atom is -0.373 e. The molecule has 1 fully saturated rings. The second-order valence-electron chi connectivity index (χ2n) is 7.44. The third-order valence-electron chi connectivity index (χ3n) is 5.26. The van der Waals surface area contributed by atoms with Crippen LogP contribution in [0.1, 0.15) is 29.8 Å². The molecule has 2 aromatic carbocycles. The van der Waals surface area contributed by atoms with E-state index in [2.05, 4.69) is 0 Å². The molecule has 28 heavy (non-hydrogen) atoms. The molecule has 6 nitrogen and oxygen atoms in total. The Morgan fingerprint density at radius 2 is 1.64 bits per heavy atom. The number of amides is 1. The lowest BCUT2D eigenvalue weighted by molar-refractivity contribution is -0.0440. The molecule has 0 spiro atoms. The van der Waals surface area contributed by atoms with Gasteiger partial charge in [0.2, 0.25) is 10.0 Å². The SMILES string of the molecule is C[C@H]1CN(S(=O)(=O)c2ccc(C(=O)N3CCc4ccccc43)cc2)C[C@H](C)O1. The van der Waals surface area contributed by atoms with Crippen LogP contribution in [0.25, 0.3) is 0 Å². The number of hydrogen-bond acceptors (Lipinski definition) is 4. The average molecular weight is 401 g/mol.